The second kappa shape index (κ2) is 7.63. The zero-order valence-corrected chi connectivity index (χ0v) is 14.2. The molecule has 1 aliphatic rings. The smallest absolute Gasteiger partial charge is 0.303 e. The highest BCUT2D eigenvalue weighted by Crippen LogP contribution is 2.35. The van der Waals surface area contributed by atoms with Gasteiger partial charge in [-0.3, -0.25) is 14.5 Å². The second-order valence-corrected chi connectivity index (χ2v) is 6.56. The number of nitrogens with zero attached hydrogens (tertiary/aromatic N) is 1. The number of thioether (sulfide) groups is 1. The van der Waals surface area contributed by atoms with Gasteiger partial charge in [0, 0.05) is 13.0 Å². The molecular formula is C15H14FNO5S2. The van der Waals surface area contributed by atoms with Gasteiger partial charge in [-0.1, -0.05) is 24.0 Å². The first-order valence-corrected chi connectivity index (χ1v) is 8.09. The predicted molar refractivity (Wildman–Crippen MR) is 91.4 cm³/mol. The van der Waals surface area contributed by atoms with Crippen molar-refractivity contribution in [2.24, 2.45) is 0 Å². The van der Waals surface area contributed by atoms with E-state index in [9.17, 15) is 19.1 Å². The van der Waals surface area contributed by atoms with Gasteiger partial charge < -0.3 is 14.9 Å². The number of ether oxygens (including phenoxy) is 1. The molecular weight excluding hydrogens is 357 g/mol. The molecule has 0 spiro atoms. The lowest BCUT2D eigenvalue weighted by atomic mass is 10.1. The Morgan fingerprint density at radius 3 is 2.83 bits per heavy atom. The Kier molecular flexibility index (Phi) is 5.79. The van der Waals surface area contributed by atoms with Crippen molar-refractivity contribution in [3.8, 4) is 11.5 Å². The van der Waals surface area contributed by atoms with Crippen molar-refractivity contribution in [2.75, 3.05) is 13.7 Å². The molecule has 128 valence electrons. The number of phenolic OH excluding ortho intramolecular Hbond substituents is 1. The van der Waals surface area contributed by atoms with Crippen molar-refractivity contribution >= 4 is 46.3 Å². The molecule has 24 heavy (non-hydrogen) atoms. The van der Waals surface area contributed by atoms with Crippen LogP contribution in [-0.4, -0.2) is 45.0 Å². The maximum atomic E-state index is 13.7. The van der Waals surface area contributed by atoms with Crippen molar-refractivity contribution in [3.05, 3.63) is 28.4 Å². The van der Waals surface area contributed by atoms with Gasteiger partial charge >= 0.3 is 5.97 Å². The van der Waals surface area contributed by atoms with Crippen LogP contribution in [-0.2, 0) is 9.59 Å². The number of phenols is 1. The average Bonchev–Trinajstić information content (AvgIpc) is 2.77. The molecule has 0 bridgehead atoms. The van der Waals surface area contributed by atoms with Crippen molar-refractivity contribution in [1.29, 1.82) is 0 Å². The first kappa shape index (κ1) is 18.2. The van der Waals surface area contributed by atoms with Gasteiger partial charge in [-0.15, -0.1) is 0 Å². The van der Waals surface area contributed by atoms with Gasteiger partial charge in [0.1, 0.15) is 4.32 Å². The van der Waals surface area contributed by atoms with Crippen molar-refractivity contribution in [2.45, 2.75) is 12.8 Å². The third-order valence-corrected chi connectivity index (χ3v) is 4.59. The monoisotopic (exact) mass is 371 g/mol. The number of carboxylic acids is 1. The van der Waals surface area contributed by atoms with Crippen molar-refractivity contribution < 1.29 is 28.9 Å². The zero-order valence-electron chi connectivity index (χ0n) is 12.6. The van der Waals surface area contributed by atoms with Crippen LogP contribution in [0.4, 0.5) is 4.39 Å². The summed E-state index contributed by atoms with van der Waals surface area (Å²) in [4.78, 5) is 24.5. The van der Waals surface area contributed by atoms with E-state index in [-0.39, 0.29) is 31.0 Å². The van der Waals surface area contributed by atoms with E-state index in [2.05, 4.69) is 0 Å². The van der Waals surface area contributed by atoms with E-state index in [1.54, 1.807) is 0 Å². The molecule has 1 heterocycles. The molecule has 0 unspecified atom stereocenters. The predicted octanol–water partition coefficient (Wildman–Crippen LogP) is 2.61. The molecule has 1 amide bonds. The quantitative estimate of drug-likeness (QED) is 0.587. The molecule has 0 radical (unpaired) electrons. The van der Waals surface area contributed by atoms with Gasteiger partial charge in [0.2, 0.25) is 0 Å². The minimum atomic E-state index is -0.942. The number of rotatable bonds is 6. The first-order chi connectivity index (χ1) is 11.3. The molecule has 9 heteroatoms. The minimum absolute atomic E-state index is 0.0433. The number of hydrogen-bond acceptors (Lipinski definition) is 6. The minimum Gasteiger partial charge on any atom is -0.502 e. The van der Waals surface area contributed by atoms with Crippen molar-refractivity contribution in [1.82, 2.24) is 4.90 Å². The molecule has 1 aromatic rings. The summed E-state index contributed by atoms with van der Waals surface area (Å²) in [5.41, 5.74) is 0.341. The zero-order chi connectivity index (χ0) is 17.9. The Morgan fingerprint density at radius 2 is 2.21 bits per heavy atom. The Bertz CT molecular complexity index is 735. The number of carbonyl (C=O) groups is 2. The third-order valence-electron chi connectivity index (χ3n) is 3.21. The van der Waals surface area contributed by atoms with Crippen molar-refractivity contribution in [3.63, 3.8) is 0 Å². The van der Waals surface area contributed by atoms with Crippen LogP contribution in [0.15, 0.2) is 17.0 Å². The summed E-state index contributed by atoms with van der Waals surface area (Å²) in [5, 5.41) is 18.1. The molecule has 1 aliphatic heterocycles. The van der Waals surface area contributed by atoms with Crippen LogP contribution in [0.5, 0.6) is 11.5 Å². The Hall–Kier alpha value is -2.13. The topological polar surface area (TPSA) is 87.1 Å². The second-order valence-electron chi connectivity index (χ2n) is 4.88. The lowest BCUT2D eigenvalue weighted by Gasteiger charge is -2.13. The number of methoxy groups -OCH3 is 1. The van der Waals surface area contributed by atoms with Crippen LogP contribution in [0.2, 0.25) is 0 Å². The lowest BCUT2D eigenvalue weighted by molar-refractivity contribution is -0.137. The van der Waals surface area contributed by atoms with Crippen LogP contribution in [0, 0.1) is 5.82 Å². The number of halogens is 1. The van der Waals surface area contributed by atoms with Gasteiger partial charge in [0.15, 0.2) is 17.3 Å². The fourth-order valence-corrected chi connectivity index (χ4v) is 3.37. The number of carbonyl (C=O) groups excluding carboxylic acids is 1. The fourth-order valence-electron chi connectivity index (χ4n) is 2.07. The molecule has 0 atom stereocenters. The van der Waals surface area contributed by atoms with Gasteiger partial charge in [0.25, 0.3) is 5.91 Å². The van der Waals surface area contributed by atoms with Gasteiger partial charge in [-0.2, -0.15) is 0 Å². The van der Waals surface area contributed by atoms with Gasteiger partial charge in [0.05, 0.1) is 12.0 Å². The maximum Gasteiger partial charge on any atom is 0.303 e. The standard InChI is InChI=1S/C15H14FNO5S2/c1-22-10-6-8(5-9(16)13(10)20)7-11-14(21)17(15(23)24-11)4-2-3-12(18)19/h5-7,20H,2-4H2,1H3,(H,18,19). The SMILES string of the molecule is COc1cc(C=C2SC(=S)N(CCCC(=O)O)C2=O)cc(F)c1O. The Morgan fingerprint density at radius 1 is 1.50 bits per heavy atom. The summed E-state index contributed by atoms with van der Waals surface area (Å²) in [7, 11) is 1.29. The Balaban J connectivity index is 2.19. The normalized spacial score (nSPS) is 16.1. The molecule has 1 aromatic carbocycles. The summed E-state index contributed by atoms with van der Waals surface area (Å²) in [6.45, 7) is 0.210. The molecule has 2 rings (SSSR count). The van der Waals surface area contributed by atoms with Gasteiger partial charge in [-0.25, -0.2) is 4.39 Å². The molecule has 0 saturated carbocycles. The average molecular weight is 371 g/mol. The first-order valence-electron chi connectivity index (χ1n) is 6.87. The van der Waals surface area contributed by atoms with Crippen LogP contribution in [0.25, 0.3) is 6.08 Å². The van der Waals surface area contributed by atoms with Crippen LogP contribution >= 0.6 is 24.0 Å². The van der Waals surface area contributed by atoms with Gasteiger partial charge in [-0.05, 0) is 30.2 Å². The number of carboxylic acid groups (broad SMARTS) is 1. The highest BCUT2D eigenvalue weighted by atomic mass is 32.2. The number of hydrogen-bond donors (Lipinski definition) is 2. The third kappa shape index (κ3) is 4.04. The summed E-state index contributed by atoms with van der Waals surface area (Å²) in [6.07, 6.45) is 1.68. The lowest BCUT2D eigenvalue weighted by Crippen LogP contribution is -2.29. The summed E-state index contributed by atoms with van der Waals surface area (Å²) < 4.78 is 18.8. The van der Waals surface area contributed by atoms with E-state index in [0.717, 1.165) is 17.8 Å². The number of aliphatic carboxylic acids is 1. The van der Waals surface area contributed by atoms with E-state index in [1.807, 2.05) is 0 Å². The number of thiocarbonyl (C=S) groups is 1. The summed E-state index contributed by atoms with van der Waals surface area (Å²) >= 11 is 6.18. The van der Waals surface area contributed by atoms with E-state index in [0.29, 0.717) is 14.8 Å². The molecule has 1 fully saturated rings. The van der Waals surface area contributed by atoms with Crippen LogP contribution in [0.1, 0.15) is 18.4 Å². The highest BCUT2D eigenvalue weighted by Gasteiger charge is 2.31. The number of aromatic hydroxyl groups is 1. The molecule has 2 N–H and O–H groups in total. The van der Waals surface area contributed by atoms with Crippen LogP contribution < -0.4 is 4.74 Å². The molecule has 1 saturated heterocycles. The fraction of sp³-hybridized carbons (Fsp3) is 0.267. The summed E-state index contributed by atoms with van der Waals surface area (Å²) in [6, 6.07) is 2.48. The molecule has 0 aromatic heterocycles. The molecule has 0 aliphatic carbocycles. The van der Waals surface area contributed by atoms with E-state index in [4.69, 9.17) is 22.1 Å². The van der Waals surface area contributed by atoms with E-state index in [1.165, 1.54) is 24.2 Å². The number of benzene rings is 1. The van der Waals surface area contributed by atoms with Crippen LogP contribution in [0.3, 0.4) is 0 Å². The summed E-state index contributed by atoms with van der Waals surface area (Å²) in [5.74, 6) is -2.81. The Labute approximate surface area is 146 Å². The molecule has 6 nitrogen and oxygen atoms in total. The van der Waals surface area contributed by atoms with E-state index < -0.39 is 17.5 Å². The highest BCUT2D eigenvalue weighted by molar-refractivity contribution is 8.26. The maximum absolute atomic E-state index is 13.7. The van der Waals surface area contributed by atoms with E-state index >= 15 is 0 Å². The largest absolute Gasteiger partial charge is 0.502 e. The number of amides is 1.